The van der Waals surface area contributed by atoms with Crippen molar-refractivity contribution < 1.29 is 19.3 Å². The highest BCUT2D eigenvalue weighted by Crippen LogP contribution is 2.43. The Labute approximate surface area is 184 Å². The van der Waals surface area contributed by atoms with Crippen LogP contribution in [-0.4, -0.2) is 50.2 Å². The number of carbonyl (C=O) groups is 2. The summed E-state index contributed by atoms with van der Waals surface area (Å²) in [5.74, 6) is 0.220. The van der Waals surface area contributed by atoms with E-state index in [0.29, 0.717) is 32.2 Å². The van der Waals surface area contributed by atoms with Crippen LogP contribution in [0, 0.1) is 0 Å². The molecule has 1 N–H and O–H groups in total. The van der Waals surface area contributed by atoms with Crippen LogP contribution < -0.4 is 0 Å². The molecule has 2 saturated heterocycles. The normalized spacial score (nSPS) is 23.9. The van der Waals surface area contributed by atoms with Crippen LogP contribution in [-0.2, 0) is 9.59 Å². The zero-order chi connectivity index (χ0) is 22.4. The van der Waals surface area contributed by atoms with Crippen LogP contribution in [0.3, 0.4) is 0 Å². The molecule has 0 aromatic rings. The second-order valence-electron chi connectivity index (χ2n) is 11.1. The van der Waals surface area contributed by atoms with E-state index in [4.69, 9.17) is 0 Å². The van der Waals surface area contributed by atoms with Gasteiger partial charge in [0, 0.05) is 23.9 Å². The molecule has 0 saturated carbocycles. The van der Waals surface area contributed by atoms with Gasteiger partial charge in [-0.2, -0.15) is 9.55 Å². The first-order valence-corrected chi connectivity index (χ1v) is 12.5. The summed E-state index contributed by atoms with van der Waals surface area (Å²) in [6, 6.07) is -0.0283. The molecule has 0 unspecified atom stereocenters. The Hall–Kier alpha value is -0.780. The number of nitrogens with zero attached hydrogens (tertiary/aromatic N) is 2. The molecule has 5 nitrogen and oxygen atoms in total. The Bertz CT molecular complexity index is 551. The number of quaternary nitrogens is 1. The van der Waals surface area contributed by atoms with Gasteiger partial charge in [-0.1, -0.05) is 58.3 Å². The largest absolute Gasteiger partial charge is 0.322 e. The lowest BCUT2D eigenvalue weighted by atomic mass is 9.77. The predicted molar refractivity (Wildman–Crippen MR) is 121 cm³/mol. The molecule has 2 aliphatic heterocycles. The number of likely N-dealkylation sites (tertiary alicyclic amines) is 1. The molecule has 30 heavy (non-hydrogen) atoms. The maximum absolute atomic E-state index is 13.1. The number of hydrogen-bond acceptors (Lipinski definition) is 4. The van der Waals surface area contributed by atoms with Crippen molar-refractivity contribution in [2.75, 3.05) is 6.54 Å². The zero-order valence-corrected chi connectivity index (χ0v) is 20.3. The first kappa shape index (κ1) is 25.5. The van der Waals surface area contributed by atoms with Gasteiger partial charge in [-0.05, 0) is 40.5 Å². The molecule has 0 radical (unpaired) electrons. The van der Waals surface area contributed by atoms with Gasteiger partial charge in [0.05, 0.1) is 19.4 Å². The van der Waals surface area contributed by atoms with Crippen LogP contribution in [0.25, 0.3) is 0 Å². The maximum atomic E-state index is 13.1. The summed E-state index contributed by atoms with van der Waals surface area (Å²) in [5.41, 5.74) is -0.892. The van der Waals surface area contributed by atoms with Gasteiger partial charge in [0.1, 0.15) is 6.04 Å². The molecule has 2 fully saturated rings. The molecule has 5 heteroatoms. The van der Waals surface area contributed by atoms with Crippen LogP contribution >= 0.6 is 0 Å². The SMILES string of the molecule is CCCCCCCCCCCC[N+]1(C2CC(C)(C)N(O)C(C)(C)C2)C(=O)CCC1=O. The highest BCUT2D eigenvalue weighted by Gasteiger charge is 2.60. The molecule has 0 aromatic heterocycles. The van der Waals surface area contributed by atoms with E-state index in [9.17, 15) is 14.8 Å². The van der Waals surface area contributed by atoms with E-state index >= 15 is 0 Å². The van der Waals surface area contributed by atoms with Crippen molar-refractivity contribution in [3.8, 4) is 0 Å². The average molecular weight is 424 g/mol. The van der Waals surface area contributed by atoms with Crippen LogP contribution in [0.2, 0.25) is 0 Å². The molecule has 174 valence electrons. The Morgan fingerprint density at radius 2 is 1.20 bits per heavy atom. The molecule has 2 amide bonds. The van der Waals surface area contributed by atoms with Crippen molar-refractivity contribution in [3.05, 3.63) is 0 Å². The van der Waals surface area contributed by atoms with Crippen LogP contribution in [0.4, 0.5) is 0 Å². The fraction of sp³-hybridized carbons (Fsp3) is 0.920. The molecule has 2 heterocycles. The lowest BCUT2D eigenvalue weighted by Crippen LogP contribution is -2.69. The first-order chi connectivity index (χ1) is 14.1. The summed E-state index contributed by atoms with van der Waals surface area (Å²) in [6.45, 7) is 11.0. The minimum atomic E-state index is -0.446. The number of carbonyl (C=O) groups excluding carboxylic acids is 2. The highest BCUT2D eigenvalue weighted by molar-refractivity contribution is 5.92. The molecular weight excluding hydrogens is 376 g/mol. The van der Waals surface area contributed by atoms with Gasteiger partial charge in [0.15, 0.2) is 0 Å². The number of hydroxylamine groups is 2. The molecule has 2 aliphatic rings. The molecular formula is C25H47N2O3+. The Kier molecular flexibility index (Phi) is 9.08. The topological polar surface area (TPSA) is 57.6 Å². The predicted octanol–water partition coefficient (Wildman–Crippen LogP) is 5.98. The molecule has 0 bridgehead atoms. The smallest absolute Gasteiger partial charge is 0.313 e. The molecule has 0 spiro atoms. The summed E-state index contributed by atoms with van der Waals surface area (Å²) < 4.78 is 0.0394. The van der Waals surface area contributed by atoms with Gasteiger partial charge in [-0.25, -0.2) is 9.59 Å². The van der Waals surface area contributed by atoms with Crippen molar-refractivity contribution in [2.24, 2.45) is 0 Å². The van der Waals surface area contributed by atoms with E-state index < -0.39 is 11.1 Å². The quantitative estimate of drug-likeness (QED) is 0.238. The van der Waals surface area contributed by atoms with Crippen molar-refractivity contribution >= 4 is 11.8 Å². The fourth-order valence-electron chi connectivity index (χ4n) is 5.97. The number of imide groups is 1. The van der Waals surface area contributed by atoms with Gasteiger partial charge < -0.3 is 5.21 Å². The van der Waals surface area contributed by atoms with E-state index in [1.807, 2.05) is 27.7 Å². The monoisotopic (exact) mass is 423 g/mol. The first-order valence-electron chi connectivity index (χ1n) is 12.5. The zero-order valence-electron chi connectivity index (χ0n) is 20.3. The van der Waals surface area contributed by atoms with Crippen LogP contribution in [0.15, 0.2) is 0 Å². The van der Waals surface area contributed by atoms with Gasteiger partial charge in [-0.3, -0.25) is 0 Å². The fourth-order valence-corrected chi connectivity index (χ4v) is 5.97. The van der Waals surface area contributed by atoms with Gasteiger partial charge >= 0.3 is 11.8 Å². The molecule has 0 aliphatic carbocycles. The van der Waals surface area contributed by atoms with Crippen molar-refractivity contribution in [3.63, 3.8) is 0 Å². The van der Waals surface area contributed by atoms with Gasteiger partial charge in [0.25, 0.3) is 0 Å². The summed E-state index contributed by atoms with van der Waals surface area (Å²) in [5, 5.41) is 12.1. The maximum Gasteiger partial charge on any atom is 0.322 e. The Morgan fingerprint density at radius 3 is 1.63 bits per heavy atom. The highest BCUT2D eigenvalue weighted by atomic mass is 16.5. The summed E-state index contributed by atoms with van der Waals surface area (Å²) >= 11 is 0. The van der Waals surface area contributed by atoms with E-state index in [1.165, 1.54) is 56.4 Å². The number of rotatable bonds is 12. The molecule has 0 aromatic carbocycles. The second kappa shape index (κ2) is 10.7. The third-order valence-corrected chi connectivity index (χ3v) is 7.55. The number of amides is 2. The third-order valence-electron chi connectivity index (χ3n) is 7.55. The third kappa shape index (κ3) is 5.72. The van der Waals surface area contributed by atoms with Crippen molar-refractivity contribution in [1.82, 2.24) is 5.06 Å². The minimum absolute atomic E-state index is 0.0283. The second-order valence-corrected chi connectivity index (χ2v) is 11.1. The van der Waals surface area contributed by atoms with Crippen molar-refractivity contribution in [1.29, 1.82) is 0 Å². The lowest BCUT2D eigenvalue weighted by Gasteiger charge is -2.54. The number of piperidine rings is 1. The minimum Gasteiger partial charge on any atom is -0.313 e. The Morgan fingerprint density at radius 1 is 0.800 bits per heavy atom. The number of hydrogen-bond donors (Lipinski definition) is 1. The standard InChI is InChI=1S/C25H47N2O3/c1-6-7-8-9-10-11-12-13-14-15-18-27(22(28)16-17-23(27)29)21-19-24(2,3)26(30)25(4,5)20-21/h21,30H,6-20H2,1-5H3/q+1. The number of unbranched alkanes of at least 4 members (excludes halogenated alkanes) is 9. The summed E-state index contributed by atoms with van der Waals surface area (Å²) in [6.07, 6.45) is 14.6. The van der Waals surface area contributed by atoms with E-state index in [1.54, 1.807) is 0 Å². The average Bonchev–Trinajstić information content (AvgIpc) is 2.96. The van der Waals surface area contributed by atoms with Crippen LogP contribution in [0.1, 0.15) is 125 Å². The Balaban J connectivity index is 1.92. The van der Waals surface area contributed by atoms with Gasteiger partial charge in [-0.15, -0.1) is 0 Å². The molecule has 0 atom stereocenters. The van der Waals surface area contributed by atoms with Crippen molar-refractivity contribution in [2.45, 2.75) is 142 Å². The van der Waals surface area contributed by atoms with E-state index in [0.717, 1.165) is 12.8 Å². The van der Waals surface area contributed by atoms with Gasteiger partial charge in [0.2, 0.25) is 0 Å². The summed E-state index contributed by atoms with van der Waals surface area (Å²) in [4.78, 5) is 26.2. The lowest BCUT2D eigenvalue weighted by molar-refractivity contribution is -0.806. The molecule has 2 rings (SSSR count). The van der Waals surface area contributed by atoms with E-state index in [2.05, 4.69) is 6.92 Å². The summed E-state index contributed by atoms with van der Waals surface area (Å²) in [7, 11) is 0. The van der Waals surface area contributed by atoms with E-state index in [-0.39, 0.29) is 22.3 Å². The van der Waals surface area contributed by atoms with Crippen LogP contribution in [0.5, 0.6) is 0 Å².